The summed E-state index contributed by atoms with van der Waals surface area (Å²) in [5.41, 5.74) is 4.42. The molecule has 3 rings (SSSR count). The fourth-order valence-corrected chi connectivity index (χ4v) is 4.06. The number of amides is 1. The lowest BCUT2D eigenvalue weighted by molar-refractivity contribution is -0.122. The summed E-state index contributed by atoms with van der Waals surface area (Å²) < 4.78 is 11.3. The molecular formula is C26H34N2O3. The Morgan fingerprint density at radius 2 is 1.77 bits per heavy atom. The number of hydrogen-bond acceptors (Lipinski definition) is 3. The van der Waals surface area contributed by atoms with E-state index in [2.05, 4.69) is 49.3 Å². The lowest BCUT2D eigenvalue weighted by atomic mass is 9.86. The van der Waals surface area contributed by atoms with Crippen LogP contribution in [0.1, 0.15) is 56.7 Å². The molecule has 1 heterocycles. The Bertz CT molecular complexity index is 1040. The largest absolute Gasteiger partial charge is 0.493 e. The summed E-state index contributed by atoms with van der Waals surface area (Å²) in [6.07, 6.45) is 3.30. The van der Waals surface area contributed by atoms with Gasteiger partial charge in [-0.05, 0) is 36.5 Å². The molecule has 0 spiro atoms. The van der Waals surface area contributed by atoms with Gasteiger partial charge in [0.05, 0.1) is 14.2 Å². The molecule has 31 heavy (non-hydrogen) atoms. The predicted molar refractivity (Wildman–Crippen MR) is 126 cm³/mol. The minimum Gasteiger partial charge on any atom is -0.493 e. The summed E-state index contributed by atoms with van der Waals surface area (Å²) in [5, 5.41) is 4.29. The normalized spacial score (nSPS) is 13.3. The van der Waals surface area contributed by atoms with E-state index >= 15 is 0 Å². The van der Waals surface area contributed by atoms with Crippen LogP contribution in [-0.4, -0.2) is 31.2 Å². The van der Waals surface area contributed by atoms with Crippen molar-refractivity contribution in [2.45, 2.75) is 52.5 Å². The molecule has 0 saturated heterocycles. The van der Waals surface area contributed by atoms with E-state index in [1.54, 1.807) is 14.2 Å². The summed E-state index contributed by atoms with van der Waals surface area (Å²) in [4.78, 5) is 16.5. The Labute approximate surface area is 185 Å². The van der Waals surface area contributed by atoms with Crippen LogP contribution in [0, 0.1) is 5.92 Å². The van der Waals surface area contributed by atoms with Crippen molar-refractivity contribution in [2.75, 3.05) is 14.2 Å². The molecule has 0 aliphatic rings. The number of fused-ring (bicyclic) bond motifs is 1. The summed E-state index contributed by atoms with van der Waals surface area (Å²) in [5.74, 6) is 1.55. The van der Waals surface area contributed by atoms with E-state index in [0.717, 1.165) is 28.5 Å². The van der Waals surface area contributed by atoms with Crippen molar-refractivity contribution in [3.63, 3.8) is 0 Å². The third-order valence-corrected chi connectivity index (χ3v) is 6.18. The van der Waals surface area contributed by atoms with Crippen LogP contribution in [0.2, 0.25) is 0 Å². The fourth-order valence-electron chi connectivity index (χ4n) is 4.06. The Hall–Kier alpha value is -2.95. The van der Waals surface area contributed by atoms with Crippen molar-refractivity contribution in [2.24, 2.45) is 5.92 Å². The third-order valence-electron chi connectivity index (χ3n) is 6.18. The summed E-state index contributed by atoms with van der Waals surface area (Å²) in [7, 11) is 3.27. The maximum atomic E-state index is 13.1. The van der Waals surface area contributed by atoms with E-state index in [0.29, 0.717) is 23.8 Å². The minimum atomic E-state index is -0.176. The lowest BCUT2D eigenvalue weighted by Crippen LogP contribution is -2.36. The Morgan fingerprint density at radius 1 is 1.03 bits per heavy atom. The van der Waals surface area contributed by atoms with Crippen LogP contribution in [0.5, 0.6) is 11.5 Å². The Kier molecular flexibility index (Phi) is 7.26. The number of aromatic nitrogens is 1. The molecule has 3 aromatic rings. The zero-order valence-electron chi connectivity index (χ0n) is 19.4. The highest BCUT2D eigenvalue weighted by Crippen LogP contribution is 2.42. The first-order chi connectivity index (χ1) is 14.9. The monoisotopic (exact) mass is 422 g/mol. The van der Waals surface area contributed by atoms with Crippen molar-refractivity contribution in [1.82, 2.24) is 10.3 Å². The van der Waals surface area contributed by atoms with Gasteiger partial charge in [-0.2, -0.15) is 0 Å². The first-order valence-electron chi connectivity index (χ1n) is 11.0. The molecule has 0 bridgehead atoms. The van der Waals surface area contributed by atoms with Crippen molar-refractivity contribution < 1.29 is 14.3 Å². The molecule has 0 radical (unpaired) electrons. The van der Waals surface area contributed by atoms with Gasteiger partial charge in [-0.15, -0.1) is 0 Å². The Morgan fingerprint density at radius 3 is 2.42 bits per heavy atom. The van der Waals surface area contributed by atoms with Gasteiger partial charge in [-0.1, -0.05) is 51.1 Å². The molecule has 1 amide bonds. The summed E-state index contributed by atoms with van der Waals surface area (Å²) >= 11 is 0. The number of methoxy groups -OCH3 is 2. The number of hydrogen-bond donors (Lipinski definition) is 2. The SMILES string of the molecule is CCc1cccc2c(C(CC(=O)NC(C)C(C)C)c3cccc(OC)c3OC)c[nH]c12. The highest BCUT2D eigenvalue weighted by atomic mass is 16.5. The highest BCUT2D eigenvalue weighted by molar-refractivity contribution is 5.88. The van der Waals surface area contributed by atoms with Crippen LogP contribution in [0.3, 0.4) is 0 Å². The fraction of sp³-hybridized carbons (Fsp3) is 0.423. The van der Waals surface area contributed by atoms with Crippen LogP contribution < -0.4 is 14.8 Å². The van der Waals surface area contributed by atoms with Crippen LogP contribution in [0.15, 0.2) is 42.6 Å². The average Bonchev–Trinajstić information content (AvgIpc) is 3.20. The summed E-state index contributed by atoms with van der Waals surface area (Å²) in [6, 6.07) is 12.3. The van der Waals surface area contributed by atoms with E-state index in [1.165, 1.54) is 5.56 Å². The molecule has 5 heteroatoms. The van der Waals surface area contributed by atoms with E-state index in [1.807, 2.05) is 31.3 Å². The molecule has 166 valence electrons. The van der Waals surface area contributed by atoms with Gasteiger partial charge in [0.15, 0.2) is 11.5 Å². The number of rotatable bonds is 9. The molecule has 5 nitrogen and oxygen atoms in total. The van der Waals surface area contributed by atoms with Gasteiger partial charge in [-0.25, -0.2) is 0 Å². The minimum absolute atomic E-state index is 0.0251. The van der Waals surface area contributed by atoms with Crippen molar-refractivity contribution in [3.05, 3.63) is 59.3 Å². The zero-order valence-corrected chi connectivity index (χ0v) is 19.4. The second kappa shape index (κ2) is 9.90. The van der Waals surface area contributed by atoms with Gasteiger partial charge >= 0.3 is 0 Å². The van der Waals surface area contributed by atoms with Crippen LogP contribution in [-0.2, 0) is 11.2 Å². The number of carbonyl (C=O) groups is 1. The molecule has 0 aliphatic heterocycles. The number of nitrogens with one attached hydrogen (secondary N) is 2. The second-order valence-electron chi connectivity index (χ2n) is 8.38. The molecular weight excluding hydrogens is 388 g/mol. The number of para-hydroxylation sites is 2. The third kappa shape index (κ3) is 4.71. The van der Waals surface area contributed by atoms with Crippen molar-refractivity contribution in [1.29, 1.82) is 0 Å². The standard InChI is InChI=1S/C26H34N2O3/c1-7-18-10-8-11-19-22(15-27-25(18)19)21(14-24(29)28-17(4)16(2)3)20-12-9-13-23(30-5)26(20)31-6/h8-13,15-17,21,27H,7,14H2,1-6H3,(H,28,29). The van der Waals surface area contributed by atoms with Gasteiger partial charge in [0, 0.05) is 41.0 Å². The zero-order chi connectivity index (χ0) is 22.5. The maximum Gasteiger partial charge on any atom is 0.221 e. The van der Waals surface area contributed by atoms with Gasteiger partial charge < -0.3 is 19.8 Å². The van der Waals surface area contributed by atoms with Gasteiger partial charge in [-0.3, -0.25) is 4.79 Å². The van der Waals surface area contributed by atoms with Gasteiger partial charge in [0.25, 0.3) is 0 Å². The average molecular weight is 423 g/mol. The quantitative estimate of drug-likeness (QED) is 0.483. The van der Waals surface area contributed by atoms with E-state index in [9.17, 15) is 4.79 Å². The first kappa shape index (κ1) is 22.7. The number of aromatic amines is 1. The van der Waals surface area contributed by atoms with Crippen LogP contribution in [0.25, 0.3) is 10.9 Å². The van der Waals surface area contributed by atoms with Crippen LogP contribution >= 0.6 is 0 Å². The number of ether oxygens (including phenoxy) is 2. The predicted octanol–water partition coefficient (Wildman–Crippen LogP) is 5.43. The maximum absolute atomic E-state index is 13.1. The van der Waals surface area contributed by atoms with Gasteiger partial charge in [0.2, 0.25) is 5.91 Å². The Balaban J connectivity index is 2.11. The summed E-state index contributed by atoms with van der Waals surface area (Å²) in [6.45, 7) is 8.42. The molecule has 0 aliphatic carbocycles. The molecule has 1 aromatic heterocycles. The van der Waals surface area contributed by atoms with E-state index in [-0.39, 0.29) is 17.9 Å². The lowest BCUT2D eigenvalue weighted by Gasteiger charge is -2.23. The van der Waals surface area contributed by atoms with Crippen LogP contribution in [0.4, 0.5) is 0 Å². The van der Waals surface area contributed by atoms with E-state index in [4.69, 9.17) is 9.47 Å². The van der Waals surface area contributed by atoms with E-state index < -0.39 is 0 Å². The van der Waals surface area contributed by atoms with Crippen molar-refractivity contribution >= 4 is 16.8 Å². The van der Waals surface area contributed by atoms with Gasteiger partial charge in [0.1, 0.15) is 0 Å². The molecule has 2 atom stereocenters. The molecule has 2 unspecified atom stereocenters. The molecule has 2 N–H and O–H groups in total. The highest BCUT2D eigenvalue weighted by Gasteiger charge is 2.27. The molecule has 0 saturated carbocycles. The molecule has 2 aromatic carbocycles. The molecule has 0 fully saturated rings. The first-order valence-corrected chi connectivity index (χ1v) is 11.0. The van der Waals surface area contributed by atoms with Crippen molar-refractivity contribution in [3.8, 4) is 11.5 Å². The number of benzene rings is 2. The number of H-pyrrole nitrogens is 1. The topological polar surface area (TPSA) is 63.4 Å². The second-order valence-corrected chi connectivity index (χ2v) is 8.38. The number of aryl methyl sites for hydroxylation is 1. The smallest absolute Gasteiger partial charge is 0.221 e. The number of carbonyl (C=O) groups excluding carboxylic acids is 1.